The molecule has 1 aromatic rings. The molecule has 6 nitrogen and oxygen atoms in total. The largest absolute Gasteiger partial charge is 0.462 e. The molecule has 1 unspecified atom stereocenters. The summed E-state index contributed by atoms with van der Waals surface area (Å²) in [5.41, 5.74) is 6.51. The summed E-state index contributed by atoms with van der Waals surface area (Å²) < 4.78 is 5.02. The van der Waals surface area contributed by atoms with Crippen molar-refractivity contribution in [3.8, 4) is 0 Å². The molecule has 0 aliphatic heterocycles. The molecule has 1 heterocycles. The van der Waals surface area contributed by atoms with Gasteiger partial charge in [0.2, 0.25) is 0 Å². The number of nitrogens with zero attached hydrogens (tertiary/aromatic N) is 2. The van der Waals surface area contributed by atoms with E-state index in [0.29, 0.717) is 36.3 Å². The second-order valence-corrected chi connectivity index (χ2v) is 5.05. The van der Waals surface area contributed by atoms with Gasteiger partial charge in [-0.2, -0.15) is 0 Å². The minimum Gasteiger partial charge on any atom is -0.462 e. The number of nitrogens with two attached hydrogens (primary N) is 1. The van der Waals surface area contributed by atoms with E-state index in [-0.39, 0.29) is 0 Å². The van der Waals surface area contributed by atoms with Crippen LogP contribution in [0.4, 0.5) is 11.5 Å². The van der Waals surface area contributed by atoms with Gasteiger partial charge in [-0.05, 0) is 33.4 Å². The maximum absolute atomic E-state index is 11.9. The predicted octanol–water partition coefficient (Wildman–Crippen LogP) is 1.98. The molecule has 21 heavy (non-hydrogen) atoms. The molecule has 1 aromatic heterocycles. The van der Waals surface area contributed by atoms with Crippen molar-refractivity contribution in [2.45, 2.75) is 33.2 Å². The summed E-state index contributed by atoms with van der Waals surface area (Å²) in [5, 5.41) is 3.18. The van der Waals surface area contributed by atoms with Crippen LogP contribution < -0.4 is 11.1 Å². The normalized spacial score (nSPS) is 12.2. The van der Waals surface area contributed by atoms with Gasteiger partial charge in [-0.3, -0.25) is 0 Å². The SMILES string of the molecule is CCOC(=O)c1cc(N)cnc1NCCN(C)C(C)CC. The zero-order valence-electron chi connectivity index (χ0n) is 13.3. The first kappa shape index (κ1) is 17.2. The van der Waals surface area contributed by atoms with Crippen molar-refractivity contribution in [3.05, 3.63) is 17.8 Å². The Bertz CT molecular complexity index is 465. The first-order chi connectivity index (χ1) is 9.99. The molecule has 0 spiro atoms. The van der Waals surface area contributed by atoms with Gasteiger partial charge >= 0.3 is 5.97 Å². The molecule has 118 valence electrons. The first-order valence-electron chi connectivity index (χ1n) is 7.36. The van der Waals surface area contributed by atoms with Gasteiger partial charge in [-0.15, -0.1) is 0 Å². The van der Waals surface area contributed by atoms with Crippen molar-refractivity contribution in [1.29, 1.82) is 0 Å². The van der Waals surface area contributed by atoms with Crippen LogP contribution in [-0.2, 0) is 4.74 Å². The van der Waals surface area contributed by atoms with Gasteiger partial charge in [-0.25, -0.2) is 9.78 Å². The van der Waals surface area contributed by atoms with E-state index in [2.05, 4.69) is 36.1 Å². The number of anilines is 2. The summed E-state index contributed by atoms with van der Waals surface area (Å²) in [4.78, 5) is 18.3. The highest BCUT2D eigenvalue weighted by molar-refractivity contribution is 5.95. The molecule has 0 saturated carbocycles. The highest BCUT2D eigenvalue weighted by Crippen LogP contribution is 2.16. The zero-order chi connectivity index (χ0) is 15.8. The van der Waals surface area contributed by atoms with E-state index in [1.54, 1.807) is 13.0 Å². The molecule has 3 N–H and O–H groups in total. The molecule has 0 bridgehead atoms. The number of nitrogen functional groups attached to an aromatic ring is 1. The minimum absolute atomic E-state index is 0.323. The van der Waals surface area contributed by atoms with Crippen LogP contribution >= 0.6 is 0 Å². The van der Waals surface area contributed by atoms with Gasteiger partial charge in [0.15, 0.2) is 0 Å². The third kappa shape index (κ3) is 5.23. The Morgan fingerprint density at radius 3 is 2.86 bits per heavy atom. The highest BCUT2D eigenvalue weighted by atomic mass is 16.5. The Morgan fingerprint density at radius 2 is 2.24 bits per heavy atom. The topological polar surface area (TPSA) is 80.5 Å². The van der Waals surface area contributed by atoms with E-state index in [9.17, 15) is 4.79 Å². The first-order valence-corrected chi connectivity index (χ1v) is 7.36. The van der Waals surface area contributed by atoms with Gasteiger partial charge in [0.05, 0.1) is 18.5 Å². The van der Waals surface area contributed by atoms with Gasteiger partial charge in [0.25, 0.3) is 0 Å². The van der Waals surface area contributed by atoms with Crippen LogP contribution in [0.5, 0.6) is 0 Å². The lowest BCUT2D eigenvalue weighted by molar-refractivity contribution is 0.0527. The van der Waals surface area contributed by atoms with Crippen LogP contribution in [-0.4, -0.2) is 48.6 Å². The molecule has 0 aromatic carbocycles. The average molecular weight is 294 g/mol. The fraction of sp³-hybridized carbons (Fsp3) is 0.600. The lowest BCUT2D eigenvalue weighted by Gasteiger charge is -2.23. The summed E-state index contributed by atoms with van der Waals surface area (Å²) in [6, 6.07) is 2.11. The maximum atomic E-state index is 11.9. The van der Waals surface area contributed by atoms with Gasteiger partial charge in [0, 0.05) is 19.1 Å². The third-order valence-electron chi connectivity index (χ3n) is 3.50. The van der Waals surface area contributed by atoms with Crippen LogP contribution in [0.1, 0.15) is 37.6 Å². The lowest BCUT2D eigenvalue weighted by Crippen LogP contribution is -2.33. The number of likely N-dealkylation sites (N-methyl/N-ethyl adjacent to an activating group) is 1. The molecule has 0 aliphatic rings. The molecule has 0 radical (unpaired) electrons. The summed E-state index contributed by atoms with van der Waals surface area (Å²) in [7, 11) is 2.08. The average Bonchev–Trinajstić information content (AvgIpc) is 2.47. The van der Waals surface area contributed by atoms with Crippen LogP contribution in [0.2, 0.25) is 0 Å². The summed E-state index contributed by atoms with van der Waals surface area (Å²) >= 11 is 0. The van der Waals surface area contributed by atoms with Crippen LogP contribution in [0, 0.1) is 0 Å². The van der Waals surface area contributed by atoms with Gasteiger partial charge in [-0.1, -0.05) is 6.92 Å². The van der Waals surface area contributed by atoms with Gasteiger partial charge < -0.3 is 20.7 Å². The van der Waals surface area contributed by atoms with Gasteiger partial charge in [0.1, 0.15) is 11.4 Å². The number of pyridine rings is 1. The van der Waals surface area contributed by atoms with E-state index in [4.69, 9.17) is 10.5 Å². The molecular formula is C15H26N4O2. The minimum atomic E-state index is -0.407. The molecular weight excluding hydrogens is 268 g/mol. The monoisotopic (exact) mass is 294 g/mol. The van der Waals surface area contributed by atoms with Crippen molar-refractivity contribution in [3.63, 3.8) is 0 Å². The fourth-order valence-electron chi connectivity index (χ4n) is 1.87. The number of esters is 1. The fourth-order valence-corrected chi connectivity index (χ4v) is 1.87. The molecule has 0 saturated heterocycles. The molecule has 0 amide bonds. The predicted molar refractivity (Wildman–Crippen MR) is 85.5 cm³/mol. The second-order valence-electron chi connectivity index (χ2n) is 5.05. The molecule has 1 rings (SSSR count). The number of nitrogens with one attached hydrogen (secondary N) is 1. The Hall–Kier alpha value is -1.82. The molecule has 0 fully saturated rings. The highest BCUT2D eigenvalue weighted by Gasteiger charge is 2.14. The number of aromatic nitrogens is 1. The Labute approximate surface area is 126 Å². The van der Waals surface area contributed by atoms with Crippen molar-refractivity contribution in [2.24, 2.45) is 0 Å². The quantitative estimate of drug-likeness (QED) is 0.714. The van der Waals surface area contributed by atoms with Crippen LogP contribution in [0.3, 0.4) is 0 Å². The molecule has 1 atom stereocenters. The van der Waals surface area contributed by atoms with Crippen molar-refractivity contribution >= 4 is 17.5 Å². The van der Waals surface area contributed by atoms with E-state index in [1.165, 1.54) is 6.20 Å². The summed E-state index contributed by atoms with van der Waals surface area (Å²) in [5.74, 6) is 0.107. The lowest BCUT2D eigenvalue weighted by atomic mass is 10.2. The second kappa shape index (κ2) is 8.46. The molecule has 0 aliphatic carbocycles. The summed E-state index contributed by atoms with van der Waals surface area (Å²) in [6.07, 6.45) is 2.63. The van der Waals surface area contributed by atoms with Crippen molar-refractivity contribution in [2.75, 3.05) is 37.8 Å². The number of carbonyl (C=O) groups excluding carboxylic acids is 1. The Morgan fingerprint density at radius 1 is 1.52 bits per heavy atom. The van der Waals surface area contributed by atoms with E-state index >= 15 is 0 Å². The summed E-state index contributed by atoms with van der Waals surface area (Å²) in [6.45, 7) is 8.00. The van der Waals surface area contributed by atoms with E-state index in [0.717, 1.165) is 13.0 Å². The van der Waals surface area contributed by atoms with Crippen LogP contribution in [0.15, 0.2) is 12.3 Å². The van der Waals surface area contributed by atoms with Crippen molar-refractivity contribution < 1.29 is 9.53 Å². The maximum Gasteiger partial charge on any atom is 0.341 e. The number of rotatable bonds is 8. The smallest absolute Gasteiger partial charge is 0.341 e. The Balaban J connectivity index is 2.68. The zero-order valence-corrected chi connectivity index (χ0v) is 13.3. The number of hydrogen-bond donors (Lipinski definition) is 2. The standard InChI is InChI=1S/C15H26N4O2/c1-5-11(3)19(4)8-7-17-14-13(15(20)21-6-2)9-12(16)10-18-14/h9-11H,5-8,16H2,1-4H3,(H,17,18). The van der Waals surface area contributed by atoms with E-state index in [1.807, 2.05) is 0 Å². The third-order valence-corrected chi connectivity index (χ3v) is 3.50. The number of carbonyl (C=O) groups is 1. The number of ether oxygens (including phenoxy) is 1. The Kier molecular flexibility index (Phi) is 6.94. The van der Waals surface area contributed by atoms with Crippen LogP contribution in [0.25, 0.3) is 0 Å². The van der Waals surface area contributed by atoms with E-state index < -0.39 is 5.97 Å². The number of hydrogen-bond acceptors (Lipinski definition) is 6. The molecule has 6 heteroatoms. The van der Waals surface area contributed by atoms with Crippen molar-refractivity contribution in [1.82, 2.24) is 9.88 Å².